The molecule has 0 radical (unpaired) electrons. The minimum atomic E-state index is -0.463. The lowest BCUT2D eigenvalue weighted by Gasteiger charge is -2.31. The number of carbonyl (C=O) groups excluding carboxylic acids is 1. The second-order valence-electron chi connectivity index (χ2n) is 5.89. The van der Waals surface area contributed by atoms with Crippen LogP contribution in [0.1, 0.15) is 23.3 Å². The van der Waals surface area contributed by atoms with Crippen LogP contribution < -0.4 is 5.73 Å². The minimum absolute atomic E-state index is 0. The highest BCUT2D eigenvalue weighted by molar-refractivity contribution is 5.92. The second kappa shape index (κ2) is 8.09. The molecule has 0 spiro atoms. The summed E-state index contributed by atoms with van der Waals surface area (Å²) in [6, 6.07) is 7.89. The Labute approximate surface area is 151 Å². The van der Waals surface area contributed by atoms with Crippen molar-refractivity contribution in [1.29, 1.82) is 0 Å². The number of halogens is 1. The number of nitrogens with zero attached hydrogens (tertiary/aromatic N) is 4. The van der Waals surface area contributed by atoms with Gasteiger partial charge in [0.05, 0.1) is 4.92 Å². The van der Waals surface area contributed by atoms with Crippen LogP contribution in [0, 0.1) is 16.0 Å². The third-order valence-electron chi connectivity index (χ3n) is 4.27. The molecule has 0 bridgehead atoms. The molecule has 25 heavy (non-hydrogen) atoms. The summed E-state index contributed by atoms with van der Waals surface area (Å²) < 4.78 is 1.37. The van der Waals surface area contributed by atoms with E-state index in [-0.39, 0.29) is 29.7 Å². The number of nitro benzene ring substituents is 1. The molecule has 1 saturated heterocycles. The zero-order chi connectivity index (χ0) is 17.1. The molecule has 1 aliphatic heterocycles. The molecule has 1 aliphatic rings. The van der Waals surface area contributed by atoms with Crippen molar-refractivity contribution in [2.24, 2.45) is 11.7 Å². The molecule has 3 rings (SSSR count). The van der Waals surface area contributed by atoms with E-state index >= 15 is 0 Å². The van der Waals surface area contributed by atoms with E-state index in [4.69, 9.17) is 5.73 Å². The number of aromatic nitrogens is 2. The summed E-state index contributed by atoms with van der Waals surface area (Å²) in [6.45, 7) is 1.88. The van der Waals surface area contributed by atoms with Gasteiger partial charge in [-0.2, -0.15) is 5.10 Å². The van der Waals surface area contributed by atoms with Gasteiger partial charge in [-0.15, -0.1) is 12.4 Å². The number of amides is 1. The van der Waals surface area contributed by atoms with Gasteiger partial charge in [0.15, 0.2) is 5.69 Å². The number of hydrogen-bond donors (Lipinski definition) is 1. The Morgan fingerprint density at radius 2 is 2.12 bits per heavy atom. The maximum Gasteiger partial charge on any atom is 0.294 e. The molecular formula is C16H20ClN5O3. The quantitative estimate of drug-likeness (QED) is 0.658. The van der Waals surface area contributed by atoms with Gasteiger partial charge in [-0.3, -0.25) is 14.9 Å². The minimum Gasteiger partial charge on any atom is -0.337 e. The fraction of sp³-hybridized carbons (Fsp3) is 0.375. The van der Waals surface area contributed by atoms with Crippen LogP contribution in [0.2, 0.25) is 0 Å². The van der Waals surface area contributed by atoms with E-state index in [2.05, 4.69) is 5.10 Å². The summed E-state index contributed by atoms with van der Waals surface area (Å²) in [4.78, 5) is 25.0. The van der Waals surface area contributed by atoms with Crippen LogP contribution in [0.4, 0.5) is 5.69 Å². The molecule has 134 valence electrons. The second-order valence-corrected chi connectivity index (χ2v) is 5.89. The number of piperidine rings is 1. The first-order valence-corrected chi connectivity index (χ1v) is 7.89. The SMILES string of the molecule is Cl.NCC1CCCN(C(=O)c2ccn(-c3ccccc3[N+](=O)[O-])n2)C1. The van der Waals surface area contributed by atoms with E-state index < -0.39 is 4.92 Å². The van der Waals surface area contributed by atoms with Crippen LogP contribution in [0.15, 0.2) is 36.5 Å². The van der Waals surface area contributed by atoms with Gasteiger partial charge in [-0.25, -0.2) is 4.68 Å². The fourth-order valence-corrected chi connectivity index (χ4v) is 2.99. The van der Waals surface area contributed by atoms with E-state index in [0.29, 0.717) is 31.2 Å². The van der Waals surface area contributed by atoms with Crippen LogP contribution in [0.3, 0.4) is 0 Å². The summed E-state index contributed by atoms with van der Waals surface area (Å²) in [7, 11) is 0. The van der Waals surface area contributed by atoms with Crippen molar-refractivity contribution < 1.29 is 9.72 Å². The van der Waals surface area contributed by atoms with Gasteiger partial charge in [-0.1, -0.05) is 12.1 Å². The molecule has 2 N–H and O–H groups in total. The molecule has 9 heteroatoms. The van der Waals surface area contributed by atoms with E-state index in [1.54, 1.807) is 35.4 Å². The Morgan fingerprint density at radius 3 is 2.84 bits per heavy atom. The van der Waals surface area contributed by atoms with Crippen molar-refractivity contribution in [2.75, 3.05) is 19.6 Å². The monoisotopic (exact) mass is 365 g/mol. The van der Waals surface area contributed by atoms with Crippen LogP contribution in [0.25, 0.3) is 5.69 Å². The Hall–Kier alpha value is -2.45. The zero-order valence-electron chi connectivity index (χ0n) is 13.6. The Kier molecular flexibility index (Phi) is 6.11. The van der Waals surface area contributed by atoms with Crippen molar-refractivity contribution in [3.63, 3.8) is 0 Å². The molecule has 1 aromatic heterocycles. The third kappa shape index (κ3) is 3.97. The summed E-state index contributed by atoms with van der Waals surface area (Å²) in [5.41, 5.74) is 6.27. The number of carbonyl (C=O) groups is 1. The number of rotatable bonds is 4. The lowest BCUT2D eigenvalue weighted by molar-refractivity contribution is -0.384. The number of nitro groups is 1. The molecule has 0 saturated carbocycles. The predicted octanol–water partition coefficient (Wildman–Crippen LogP) is 2.01. The van der Waals surface area contributed by atoms with Crippen LogP contribution in [0.5, 0.6) is 0 Å². The summed E-state index contributed by atoms with van der Waals surface area (Å²) >= 11 is 0. The Balaban J connectivity index is 0.00000225. The van der Waals surface area contributed by atoms with Crippen molar-refractivity contribution in [3.05, 3.63) is 52.3 Å². The first-order valence-electron chi connectivity index (χ1n) is 7.89. The number of hydrogen-bond acceptors (Lipinski definition) is 5. The average Bonchev–Trinajstić information content (AvgIpc) is 3.11. The first kappa shape index (κ1) is 18.9. The highest BCUT2D eigenvalue weighted by Gasteiger charge is 2.25. The molecule has 8 nitrogen and oxygen atoms in total. The number of likely N-dealkylation sites (tertiary alicyclic amines) is 1. The van der Waals surface area contributed by atoms with Crippen LogP contribution in [-0.4, -0.2) is 45.1 Å². The van der Waals surface area contributed by atoms with Crippen molar-refractivity contribution in [2.45, 2.75) is 12.8 Å². The summed E-state index contributed by atoms with van der Waals surface area (Å²) in [5.74, 6) is 0.158. The highest BCUT2D eigenvalue weighted by atomic mass is 35.5. The van der Waals surface area contributed by atoms with E-state index in [1.165, 1.54) is 10.7 Å². The molecule has 1 amide bonds. The molecule has 1 unspecified atom stereocenters. The van der Waals surface area contributed by atoms with E-state index in [1.807, 2.05) is 0 Å². The lowest BCUT2D eigenvalue weighted by atomic mass is 9.98. The normalized spacial score (nSPS) is 17.0. The predicted molar refractivity (Wildman–Crippen MR) is 95.1 cm³/mol. The lowest BCUT2D eigenvalue weighted by Crippen LogP contribution is -2.42. The molecule has 2 aromatic rings. The van der Waals surface area contributed by atoms with E-state index in [0.717, 1.165) is 12.8 Å². The maximum atomic E-state index is 12.6. The molecule has 1 fully saturated rings. The van der Waals surface area contributed by atoms with Crippen molar-refractivity contribution in [1.82, 2.24) is 14.7 Å². The third-order valence-corrected chi connectivity index (χ3v) is 4.27. The Morgan fingerprint density at radius 1 is 1.36 bits per heavy atom. The van der Waals surface area contributed by atoms with Crippen molar-refractivity contribution in [3.8, 4) is 5.69 Å². The van der Waals surface area contributed by atoms with Gasteiger partial charge in [-0.05, 0) is 37.4 Å². The van der Waals surface area contributed by atoms with E-state index in [9.17, 15) is 14.9 Å². The first-order chi connectivity index (χ1) is 11.6. The van der Waals surface area contributed by atoms with Crippen LogP contribution in [-0.2, 0) is 0 Å². The molecule has 0 aliphatic carbocycles. The van der Waals surface area contributed by atoms with Crippen molar-refractivity contribution >= 4 is 24.0 Å². The highest BCUT2D eigenvalue weighted by Crippen LogP contribution is 2.22. The fourth-order valence-electron chi connectivity index (χ4n) is 2.99. The number of nitrogens with two attached hydrogens (primary N) is 1. The van der Waals surface area contributed by atoms with Gasteiger partial charge in [0.25, 0.3) is 11.6 Å². The number of benzene rings is 1. The largest absolute Gasteiger partial charge is 0.337 e. The van der Waals surface area contributed by atoms with Gasteiger partial charge < -0.3 is 10.6 Å². The van der Waals surface area contributed by atoms with Gasteiger partial charge in [0, 0.05) is 25.4 Å². The summed E-state index contributed by atoms with van der Waals surface area (Å²) in [5, 5.41) is 15.4. The molecule has 1 aromatic carbocycles. The number of para-hydroxylation sites is 2. The molecule has 2 heterocycles. The smallest absolute Gasteiger partial charge is 0.294 e. The standard InChI is InChI=1S/C16H19N5O3.ClH/c17-10-12-4-3-8-19(11-12)16(22)13-7-9-20(18-13)14-5-1-2-6-15(14)21(23)24;/h1-2,5-7,9,12H,3-4,8,10-11,17H2;1H. The van der Waals surface area contributed by atoms with Crippen LogP contribution >= 0.6 is 12.4 Å². The topological polar surface area (TPSA) is 107 Å². The molecule has 1 atom stereocenters. The Bertz CT molecular complexity index is 764. The maximum absolute atomic E-state index is 12.6. The summed E-state index contributed by atoms with van der Waals surface area (Å²) in [6.07, 6.45) is 3.53. The van der Waals surface area contributed by atoms with Gasteiger partial charge >= 0.3 is 0 Å². The molecular weight excluding hydrogens is 346 g/mol. The zero-order valence-corrected chi connectivity index (χ0v) is 14.4. The van der Waals surface area contributed by atoms with Gasteiger partial charge in [0.2, 0.25) is 0 Å². The average molecular weight is 366 g/mol. The van der Waals surface area contributed by atoms with Gasteiger partial charge in [0.1, 0.15) is 5.69 Å².